The Balaban J connectivity index is 1.39. The van der Waals surface area contributed by atoms with E-state index >= 15 is 4.79 Å². The van der Waals surface area contributed by atoms with Crippen LogP contribution in [0.2, 0.25) is 0 Å². The number of ether oxygens (including phenoxy) is 10. The number of nitrogens with zero attached hydrogens (tertiary/aromatic N) is 1. The molecule has 0 fully saturated rings. The summed E-state index contributed by atoms with van der Waals surface area (Å²) in [5, 5.41) is 3.16. The molecule has 1 aliphatic heterocycles. The van der Waals surface area contributed by atoms with Crippen molar-refractivity contribution in [2.75, 3.05) is 67.1 Å². The molecular weight excluding hydrogens is 983 g/mol. The number of alkyl halides is 6. The molecule has 6 aromatic carbocycles. The Morgan fingerprint density at radius 2 is 1.16 bits per heavy atom. The second kappa shape index (κ2) is 22.8. The maximum absolute atomic E-state index is 15.3. The summed E-state index contributed by atoms with van der Waals surface area (Å²) in [5.74, 6) is -0.205. The summed E-state index contributed by atoms with van der Waals surface area (Å²) in [6, 6.07) is 24.5. The summed E-state index contributed by atoms with van der Waals surface area (Å²) >= 11 is 0. The maximum atomic E-state index is 15.3. The first kappa shape index (κ1) is 53.8. The fourth-order valence-electron chi connectivity index (χ4n) is 8.63. The normalized spacial score (nSPS) is 15.0. The first-order valence-electron chi connectivity index (χ1n) is 22.6. The van der Waals surface area contributed by atoms with Gasteiger partial charge in [0.25, 0.3) is 5.91 Å². The van der Waals surface area contributed by atoms with Gasteiger partial charge in [0.05, 0.1) is 86.7 Å². The van der Waals surface area contributed by atoms with E-state index in [0.29, 0.717) is 28.4 Å². The molecule has 14 nitrogen and oxygen atoms in total. The number of hydrogen-bond acceptors (Lipinski definition) is 13. The molecule has 0 aliphatic carbocycles. The number of methoxy groups -OCH3 is 8. The average molecular weight is 1040 g/mol. The molecule has 1 amide bonds. The first-order valence-corrected chi connectivity index (χ1v) is 22.6. The molecule has 1 aliphatic rings. The van der Waals surface area contributed by atoms with Gasteiger partial charge in [-0.25, -0.2) is 0 Å². The monoisotopic (exact) mass is 1030 g/mol. The highest BCUT2D eigenvalue weighted by Gasteiger charge is 2.43. The minimum atomic E-state index is -4.88. The Labute approximate surface area is 422 Å². The molecule has 74 heavy (non-hydrogen) atoms. The van der Waals surface area contributed by atoms with E-state index in [4.69, 9.17) is 47.4 Å². The van der Waals surface area contributed by atoms with Crippen LogP contribution in [0.15, 0.2) is 109 Å². The summed E-state index contributed by atoms with van der Waals surface area (Å²) in [5.41, 5.74) is -1.33. The number of anilines is 2. The predicted molar refractivity (Wildman–Crippen MR) is 259 cm³/mol. The Kier molecular flexibility index (Phi) is 16.6. The van der Waals surface area contributed by atoms with Gasteiger partial charge in [-0.1, -0.05) is 24.3 Å². The molecule has 20 heteroatoms. The van der Waals surface area contributed by atoms with Crippen LogP contribution >= 0.6 is 0 Å². The predicted octanol–water partition coefficient (Wildman–Crippen LogP) is 11.1. The lowest BCUT2D eigenvalue weighted by atomic mass is 9.95. The number of hydrogen-bond donors (Lipinski definition) is 1. The number of rotatable bonds is 19. The molecule has 0 aromatic heterocycles. The zero-order chi connectivity index (χ0) is 53.5. The molecule has 3 atom stereocenters. The van der Waals surface area contributed by atoms with E-state index in [2.05, 4.69) is 5.32 Å². The second-order valence-electron chi connectivity index (χ2n) is 16.4. The highest BCUT2D eigenvalue weighted by Crippen LogP contribution is 2.48. The standard InChI is InChI=1S/C54H52F6N2O12/c1-65-34-19-15-30(44(25-34)69-5)28-61-40-21-17-32(53(55,56)57)23-38(40)48(36-11-9-13-42(67-3)50(36)71-7)74-47(63)27-46-52(64)62(29-31-16-20-35(66-2)26-45(31)70-6)41-22-18-33(54(58,59)60)24-39(41)49(73-46)37-12-10-14-43(68-4)51(37)72-8/h9-26,46,48-49,61H,27-29H2,1-8H3. The van der Waals surface area contributed by atoms with Gasteiger partial charge in [0.2, 0.25) is 0 Å². The van der Waals surface area contributed by atoms with E-state index in [1.54, 1.807) is 48.5 Å². The topological polar surface area (TPSA) is 142 Å². The molecule has 7 rings (SSSR count). The first-order chi connectivity index (χ1) is 35.4. The van der Waals surface area contributed by atoms with Crippen molar-refractivity contribution in [2.24, 2.45) is 0 Å². The zero-order valence-electron chi connectivity index (χ0n) is 41.4. The lowest BCUT2D eigenvalue weighted by Crippen LogP contribution is -2.40. The minimum absolute atomic E-state index is 0.00417. The highest BCUT2D eigenvalue weighted by atomic mass is 19.4. The number of amides is 1. The lowest BCUT2D eigenvalue weighted by molar-refractivity contribution is -0.155. The van der Waals surface area contributed by atoms with Gasteiger partial charge >= 0.3 is 18.3 Å². The smallest absolute Gasteiger partial charge is 0.416 e. The van der Waals surface area contributed by atoms with E-state index in [0.717, 1.165) is 35.2 Å². The fourth-order valence-corrected chi connectivity index (χ4v) is 8.63. The largest absolute Gasteiger partial charge is 0.497 e. The number of para-hydroxylation sites is 2. The van der Waals surface area contributed by atoms with Crippen LogP contribution in [0.25, 0.3) is 0 Å². The fraction of sp³-hybridized carbons (Fsp3) is 0.296. The Morgan fingerprint density at radius 3 is 1.76 bits per heavy atom. The lowest BCUT2D eigenvalue weighted by Gasteiger charge is -2.28. The van der Waals surface area contributed by atoms with Crippen molar-refractivity contribution in [3.63, 3.8) is 0 Å². The van der Waals surface area contributed by atoms with E-state index in [-0.39, 0.29) is 75.5 Å². The van der Waals surface area contributed by atoms with E-state index in [1.807, 2.05) is 0 Å². The highest BCUT2D eigenvalue weighted by molar-refractivity contribution is 6.00. The zero-order valence-corrected chi connectivity index (χ0v) is 41.4. The van der Waals surface area contributed by atoms with Crippen LogP contribution in [0.1, 0.15) is 63.1 Å². The number of esters is 1. The van der Waals surface area contributed by atoms with Gasteiger partial charge in [0, 0.05) is 57.7 Å². The molecule has 0 spiro atoms. The third-order valence-electron chi connectivity index (χ3n) is 12.3. The second-order valence-corrected chi connectivity index (χ2v) is 16.4. The van der Waals surface area contributed by atoms with Crippen LogP contribution in [0.3, 0.4) is 0 Å². The minimum Gasteiger partial charge on any atom is -0.497 e. The van der Waals surface area contributed by atoms with Crippen molar-refractivity contribution in [2.45, 2.75) is 50.2 Å². The molecule has 1 heterocycles. The van der Waals surface area contributed by atoms with Crippen LogP contribution in [-0.4, -0.2) is 74.9 Å². The quantitative estimate of drug-likeness (QED) is 0.0608. The van der Waals surface area contributed by atoms with Gasteiger partial charge in [-0.15, -0.1) is 0 Å². The summed E-state index contributed by atoms with van der Waals surface area (Å²) in [6.07, 6.45) is -15.8. The Hall–Kier alpha value is -8.00. The van der Waals surface area contributed by atoms with Crippen molar-refractivity contribution in [1.29, 1.82) is 0 Å². The molecule has 0 radical (unpaired) electrons. The van der Waals surface area contributed by atoms with Crippen LogP contribution in [0, 0.1) is 0 Å². The van der Waals surface area contributed by atoms with Gasteiger partial charge in [-0.3, -0.25) is 9.59 Å². The van der Waals surface area contributed by atoms with Gasteiger partial charge < -0.3 is 57.6 Å². The number of carbonyl (C=O) groups excluding carboxylic acids is 2. The van der Waals surface area contributed by atoms with Crippen molar-refractivity contribution in [3.8, 4) is 46.0 Å². The van der Waals surface area contributed by atoms with Crippen molar-refractivity contribution < 1.29 is 83.3 Å². The Bertz CT molecular complexity index is 2980. The molecule has 0 bridgehead atoms. The molecular formula is C54H52F6N2O12. The van der Waals surface area contributed by atoms with Crippen molar-refractivity contribution in [3.05, 3.63) is 154 Å². The third kappa shape index (κ3) is 11.4. The number of benzene rings is 6. The van der Waals surface area contributed by atoms with Crippen LogP contribution in [0.4, 0.5) is 37.7 Å². The van der Waals surface area contributed by atoms with E-state index < -0.39 is 60.1 Å². The number of halogens is 6. The molecule has 3 unspecified atom stereocenters. The molecule has 6 aromatic rings. The van der Waals surface area contributed by atoms with Crippen molar-refractivity contribution >= 4 is 23.3 Å². The van der Waals surface area contributed by atoms with Crippen LogP contribution in [0.5, 0.6) is 46.0 Å². The molecule has 0 saturated heterocycles. The number of carbonyl (C=O) groups is 2. The SMILES string of the molecule is COc1ccc(CNc2ccc(C(F)(F)F)cc2C(OC(=O)CC2OC(c3cccc(OC)c3OC)c3cc(C(F)(F)F)ccc3N(Cc3ccc(OC)cc3OC)C2=O)c2cccc(OC)c2OC)c(OC)c1. The Morgan fingerprint density at radius 1 is 0.595 bits per heavy atom. The van der Waals surface area contributed by atoms with E-state index in [9.17, 15) is 31.1 Å². The summed E-state index contributed by atoms with van der Waals surface area (Å²) < 4.78 is 145. The van der Waals surface area contributed by atoms with Crippen LogP contribution in [-0.2, 0) is 44.5 Å². The van der Waals surface area contributed by atoms with Gasteiger partial charge in [-0.05, 0) is 72.8 Å². The van der Waals surface area contributed by atoms with Gasteiger partial charge in [-0.2, -0.15) is 26.3 Å². The molecule has 392 valence electrons. The summed E-state index contributed by atoms with van der Waals surface area (Å²) in [7, 11) is 11.0. The molecule has 1 N–H and O–H groups in total. The average Bonchev–Trinajstić information content (AvgIpc) is 3.51. The number of nitrogens with one attached hydrogen (secondary N) is 1. The number of fused-ring (bicyclic) bond motifs is 1. The van der Waals surface area contributed by atoms with Crippen LogP contribution < -0.4 is 48.1 Å². The third-order valence-corrected chi connectivity index (χ3v) is 12.3. The van der Waals surface area contributed by atoms with Crippen molar-refractivity contribution in [1.82, 2.24) is 0 Å². The van der Waals surface area contributed by atoms with E-state index in [1.165, 1.54) is 87.2 Å². The summed E-state index contributed by atoms with van der Waals surface area (Å²) in [6.45, 7) is -0.338. The molecule has 0 saturated carbocycles. The van der Waals surface area contributed by atoms with Gasteiger partial charge in [0.1, 0.15) is 35.2 Å². The maximum Gasteiger partial charge on any atom is 0.416 e. The summed E-state index contributed by atoms with van der Waals surface area (Å²) in [4.78, 5) is 31.4. The van der Waals surface area contributed by atoms with Gasteiger partial charge in [0.15, 0.2) is 29.1 Å².